The van der Waals surface area contributed by atoms with Crippen LogP contribution in [0.2, 0.25) is 0 Å². The number of hydrogen-bond donors (Lipinski definition) is 1. The van der Waals surface area contributed by atoms with Crippen LogP contribution >= 0.6 is 0 Å². The highest BCUT2D eigenvalue weighted by atomic mass is 16.1. The van der Waals surface area contributed by atoms with Crippen LogP contribution < -0.4 is 5.56 Å². The number of nitrogens with one attached hydrogen (secondary N) is 1. The second-order valence-electron chi connectivity index (χ2n) is 5.71. The fraction of sp³-hybridized carbons (Fsp3) is 0.294. The zero-order chi connectivity index (χ0) is 14.2. The van der Waals surface area contributed by atoms with E-state index in [1.165, 1.54) is 31.2 Å². The molecule has 4 nitrogen and oxygen atoms in total. The molecule has 3 aromatic rings. The molecule has 2 heterocycles. The maximum Gasteiger partial charge on any atom is 0.273 e. The highest BCUT2D eigenvalue weighted by molar-refractivity contribution is 5.62. The Bertz CT molecular complexity index is 826. The van der Waals surface area contributed by atoms with Gasteiger partial charge in [0.25, 0.3) is 5.56 Å². The molecule has 0 unspecified atom stereocenters. The molecule has 0 amide bonds. The summed E-state index contributed by atoms with van der Waals surface area (Å²) in [6.07, 6.45) is 6.88. The minimum atomic E-state index is -0.0527. The molecule has 0 radical (unpaired) electrons. The van der Waals surface area contributed by atoms with Gasteiger partial charge in [0.05, 0.1) is 5.69 Å². The number of fused-ring (bicyclic) bond motifs is 1. The van der Waals surface area contributed by atoms with E-state index < -0.39 is 0 Å². The average Bonchev–Trinajstić information content (AvgIpc) is 3.16. The first-order valence-electron chi connectivity index (χ1n) is 7.49. The molecule has 0 spiro atoms. The van der Waals surface area contributed by atoms with Crippen molar-refractivity contribution in [2.45, 2.75) is 31.6 Å². The van der Waals surface area contributed by atoms with Gasteiger partial charge in [-0.2, -0.15) is 0 Å². The Morgan fingerprint density at radius 2 is 1.90 bits per heavy atom. The molecule has 106 valence electrons. The number of nitrogens with zero attached hydrogens (tertiary/aromatic N) is 2. The second-order valence-corrected chi connectivity index (χ2v) is 5.71. The summed E-state index contributed by atoms with van der Waals surface area (Å²) in [7, 11) is 0. The summed E-state index contributed by atoms with van der Waals surface area (Å²) in [6.45, 7) is 0. The van der Waals surface area contributed by atoms with Crippen LogP contribution in [0, 0.1) is 0 Å². The molecule has 1 aliphatic rings. The van der Waals surface area contributed by atoms with E-state index in [0.717, 1.165) is 16.9 Å². The number of aromatic nitrogens is 3. The predicted molar refractivity (Wildman–Crippen MR) is 82.5 cm³/mol. The summed E-state index contributed by atoms with van der Waals surface area (Å²) >= 11 is 0. The molecule has 1 aliphatic carbocycles. The summed E-state index contributed by atoms with van der Waals surface area (Å²) in [4.78, 5) is 17.0. The van der Waals surface area contributed by atoms with Crippen LogP contribution in [0.15, 0.2) is 47.4 Å². The predicted octanol–water partition coefficient (Wildman–Crippen LogP) is 3.35. The van der Waals surface area contributed by atoms with Gasteiger partial charge in [-0.1, -0.05) is 43.2 Å². The topological polar surface area (TPSA) is 50.2 Å². The zero-order valence-corrected chi connectivity index (χ0v) is 11.7. The molecule has 1 fully saturated rings. The number of H-pyrrole nitrogens is 1. The van der Waals surface area contributed by atoms with Gasteiger partial charge in [-0.3, -0.25) is 9.89 Å². The van der Waals surface area contributed by atoms with Crippen molar-refractivity contribution in [2.24, 2.45) is 0 Å². The fourth-order valence-electron chi connectivity index (χ4n) is 3.29. The smallest absolute Gasteiger partial charge is 0.273 e. The van der Waals surface area contributed by atoms with Gasteiger partial charge in [0.15, 0.2) is 5.65 Å². The fourth-order valence-corrected chi connectivity index (χ4v) is 3.29. The van der Waals surface area contributed by atoms with Crippen molar-refractivity contribution in [1.82, 2.24) is 14.6 Å². The molecule has 21 heavy (non-hydrogen) atoms. The van der Waals surface area contributed by atoms with E-state index in [2.05, 4.69) is 5.10 Å². The van der Waals surface area contributed by atoms with Gasteiger partial charge in [-0.05, 0) is 18.8 Å². The van der Waals surface area contributed by atoms with E-state index in [0.29, 0.717) is 5.92 Å². The Morgan fingerprint density at radius 3 is 2.67 bits per heavy atom. The minimum absolute atomic E-state index is 0.0527. The van der Waals surface area contributed by atoms with Crippen molar-refractivity contribution < 1.29 is 0 Å². The first-order valence-corrected chi connectivity index (χ1v) is 7.49. The molecule has 0 bridgehead atoms. The molecule has 1 saturated carbocycles. The molecule has 4 heteroatoms. The normalized spacial score (nSPS) is 15.8. The first-order chi connectivity index (χ1) is 10.3. The molecule has 0 aliphatic heterocycles. The van der Waals surface area contributed by atoms with E-state index >= 15 is 0 Å². The van der Waals surface area contributed by atoms with Crippen molar-refractivity contribution in [3.63, 3.8) is 0 Å². The van der Waals surface area contributed by atoms with Crippen molar-refractivity contribution in [3.05, 3.63) is 58.5 Å². The average molecular weight is 279 g/mol. The van der Waals surface area contributed by atoms with Gasteiger partial charge in [0.1, 0.15) is 0 Å². The van der Waals surface area contributed by atoms with Gasteiger partial charge < -0.3 is 0 Å². The lowest BCUT2D eigenvalue weighted by molar-refractivity contribution is 0.727. The van der Waals surface area contributed by atoms with Crippen LogP contribution in [0.4, 0.5) is 0 Å². The van der Waals surface area contributed by atoms with E-state index in [4.69, 9.17) is 4.98 Å². The molecular formula is C17H17N3O. The van der Waals surface area contributed by atoms with Crippen molar-refractivity contribution in [2.75, 3.05) is 0 Å². The van der Waals surface area contributed by atoms with Crippen molar-refractivity contribution in [1.29, 1.82) is 0 Å². The number of aromatic amines is 1. The van der Waals surface area contributed by atoms with Crippen molar-refractivity contribution in [3.8, 4) is 11.3 Å². The quantitative estimate of drug-likeness (QED) is 0.782. The third kappa shape index (κ3) is 2.07. The van der Waals surface area contributed by atoms with Gasteiger partial charge in [-0.25, -0.2) is 9.50 Å². The summed E-state index contributed by atoms with van der Waals surface area (Å²) in [5.74, 6) is 0.532. The van der Waals surface area contributed by atoms with Crippen LogP contribution in [0.1, 0.15) is 37.2 Å². The lowest BCUT2D eigenvalue weighted by Crippen LogP contribution is -2.14. The molecule has 1 aromatic carbocycles. The lowest BCUT2D eigenvalue weighted by atomic mass is 10.0. The molecule has 0 saturated heterocycles. The Labute approximate surface area is 122 Å². The molecule has 1 N–H and O–H groups in total. The number of benzene rings is 1. The Kier molecular flexibility index (Phi) is 2.88. The monoisotopic (exact) mass is 279 g/mol. The SMILES string of the molecule is O=c1cc(-c2ccccc2)nc2c(C3CCCC3)c[nH]n12. The highest BCUT2D eigenvalue weighted by Crippen LogP contribution is 2.35. The van der Waals surface area contributed by atoms with Crippen LogP contribution in [0.25, 0.3) is 16.9 Å². The summed E-state index contributed by atoms with van der Waals surface area (Å²) in [5, 5.41) is 3.05. The standard InChI is InChI=1S/C17H17N3O/c21-16-10-15(13-8-2-1-3-9-13)19-17-14(11-18-20(16)17)12-6-4-5-7-12/h1-3,8-12,18H,4-7H2. The van der Waals surface area contributed by atoms with E-state index in [9.17, 15) is 4.79 Å². The molecule has 2 aromatic heterocycles. The largest absolute Gasteiger partial charge is 0.297 e. The van der Waals surface area contributed by atoms with Gasteiger partial charge in [0.2, 0.25) is 0 Å². The molecule has 4 rings (SSSR count). The second kappa shape index (κ2) is 4.88. The third-order valence-corrected chi connectivity index (χ3v) is 4.39. The van der Waals surface area contributed by atoms with Crippen LogP contribution in [0.3, 0.4) is 0 Å². The van der Waals surface area contributed by atoms with E-state index in [-0.39, 0.29) is 5.56 Å². The number of rotatable bonds is 2. The Hall–Kier alpha value is -2.36. The highest BCUT2D eigenvalue weighted by Gasteiger charge is 2.22. The van der Waals surface area contributed by atoms with Crippen LogP contribution in [-0.2, 0) is 0 Å². The maximum absolute atomic E-state index is 12.3. The molecule has 0 atom stereocenters. The Balaban J connectivity index is 1.91. The first kappa shape index (κ1) is 12.4. The van der Waals surface area contributed by atoms with Gasteiger partial charge >= 0.3 is 0 Å². The van der Waals surface area contributed by atoms with Gasteiger partial charge in [0, 0.05) is 23.4 Å². The summed E-state index contributed by atoms with van der Waals surface area (Å²) in [5.41, 5.74) is 3.65. The Morgan fingerprint density at radius 1 is 1.14 bits per heavy atom. The van der Waals surface area contributed by atoms with Crippen LogP contribution in [0.5, 0.6) is 0 Å². The van der Waals surface area contributed by atoms with Gasteiger partial charge in [-0.15, -0.1) is 0 Å². The maximum atomic E-state index is 12.3. The summed E-state index contributed by atoms with van der Waals surface area (Å²) < 4.78 is 1.56. The zero-order valence-electron chi connectivity index (χ0n) is 11.7. The minimum Gasteiger partial charge on any atom is -0.297 e. The van der Waals surface area contributed by atoms with E-state index in [1.54, 1.807) is 10.6 Å². The van der Waals surface area contributed by atoms with E-state index in [1.807, 2.05) is 36.5 Å². The third-order valence-electron chi connectivity index (χ3n) is 4.39. The van der Waals surface area contributed by atoms with Crippen molar-refractivity contribution >= 4 is 5.65 Å². The number of hydrogen-bond acceptors (Lipinski definition) is 2. The van der Waals surface area contributed by atoms with Crippen LogP contribution in [-0.4, -0.2) is 14.6 Å². The molecular weight excluding hydrogens is 262 g/mol. The lowest BCUT2D eigenvalue weighted by Gasteiger charge is -2.07. The summed E-state index contributed by atoms with van der Waals surface area (Å²) in [6, 6.07) is 11.5.